The summed E-state index contributed by atoms with van der Waals surface area (Å²) in [6.07, 6.45) is 5.77. The van der Waals surface area contributed by atoms with E-state index in [0.717, 1.165) is 45.2 Å². The first-order valence-corrected chi connectivity index (χ1v) is 11.3. The lowest BCUT2D eigenvalue weighted by atomic mass is 9.71. The topological polar surface area (TPSA) is 67.2 Å². The van der Waals surface area contributed by atoms with E-state index in [1.165, 1.54) is 0 Å². The summed E-state index contributed by atoms with van der Waals surface area (Å²) in [5, 5.41) is 6.81. The molecule has 0 aromatic rings. The zero-order chi connectivity index (χ0) is 22.2. The van der Waals surface area contributed by atoms with Crippen molar-refractivity contribution in [3.8, 4) is 0 Å². The van der Waals surface area contributed by atoms with Crippen LogP contribution in [0.15, 0.2) is 0 Å². The summed E-state index contributed by atoms with van der Waals surface area (Å²) in [4.78, 5) is 12.2. The van der Waals surface area contributed by atoms with Crippen LogP contribution in [0.25, 0.3) is 0 Å². The summed E-state index contributed by atoms with van der Waals surface area (Å²) < 4.78 is 0. The first kappa shape index (κ1) is 27.4. The van der Waals surface area contributed by atoms with Gasteiger partial charge in [-0.15, -0.1) is 0 Å². The van der Waals surface area contributed by atoms with E-state index in [1.54, 1.807) is 0 Å². The van der Waals surface area contributed by atoms with E-state index >= 15 is 0 Å². The fourth-order valence-corrected chi connectivity index (χ4v) is 3.75. The number of amides is 1. The lowest BCUT2D eigenvalue weighted by Gasteiger charge is -2.43. The summed E-state index contributed by atoms with van der Waals surface area (Å²) in [7, 11) is 0. The Kier molecular flexibility index (Phi) is 10.7. The standard InChI is InChI=1S/C24H51N3O/c1-19(2)18-21(3,4)14-12-20(28)26-16-11-13-22(5,6)24(9,10)27-17-15-23(7,8)25/h19,27H,11-18,25H2,1-10H3,(H,26,28). The molecule has 0 saturated heterocycles. The van der Waals surface area contributed by atoms with Crippen LogP contribution in [0.2, 0.25) is 0 Å². The van der Waals surface area contributed by atoms with Gasteiger partial charge in [0.1, 0.15) is 0 Å². The smallest absolute Gasteiger partial charge is 0.220 e. The van der Waals surface area contributed by atoms with E-state index in [1.807, 2.05) is 0 Å². The molecule has 4 nitrogen and oxygen atoms in total. The summed E-state index contributed by atoms with van der Waals surface area (Å²) in [5.41, 5.74) is 6.35. The van der Waals surface area contributed by atoms with Crippen molar-refractivity contribution in [1.29, 1.82) is 0 Å². The average Bonchev–Trinajstić information content (AvgIpc) is 2.46. The minimum absolute atomic E-state index is 0.0170. The molecule has 4 heteroatoms. The first-order chi connectivity index (χ1) is 12.5. The van der Waals surface area contributed by atoms with E-state index in [0.29, 0.717) is 12.3 Å². The van der Waals surface area contributed by atoms with Crippen molar-refractivity contribution >= 4 is 5.91 Å². The highest BCUT2D eigenvalue weighted by Crippen LogP contribution is 2.35. The Hall–Kier alpha value is -0.610. The van der Waals surface area contributed by atoms with Crippen LogP contribution in [0.4, 0.5) is 0 Å². The Balaban J connectivity index is 4.23. The van der Waals surface area contributed by atoms with Gasteiger partial charge < -0.3 is 16.4 Å². The van der Waals surface area contributed by atoms with Gasteiger partial charge >= 0.3 is 0 Å². The molecule has 0 aromatic heterocycles. The number of carbonyl (C=O) groups is 1. The van der Waals surface area contributed by atoms with E-state index in [9.17, 15) is 4.79 Å². The molecule has 1 amide bonds. The molecule has 0 aliphatic carbocycles. The highest BCUT2D eigenvalue weighted by Gasteiger charge is 2.36. The number of nitrogens with two attached hydrogens (primary N) is 1. The summed E-state index contributed by atoms with van der Waals surface area (Å²) in [5.74, 6) is 0.866. The monoisotopic (exact) mass is 397 g/mol. The maximum Gasteiger partial charge on any atom is 0.220 e. The molecule has 0 unspecified atom stereocenters. The molecular formula is C24H51N3O. The molecule has 0 spiro atoms. The average molecular weight is 398 g/mol. The van der Waals surface area contributed by atoms with Crippen LogP contribution in [-0.4, -0.2) is 30.1 Å². The van der Waals surface area contributed by atoms with Gasteiger partial charge in [0.2, 0.25) is 5.91 Å². The second-order valence-corrected chi connectivity index (χ2v) is 11.9. The number of rotatable bonds is 14. The molecule has 0 atom stereocenters. The molecule has 0 aromatic carbocycles. The molecule has 0 rings (SSSR count). The van der Waals surface area contributed by atoms with Crippen LogP contribution < -0.4 is 16.4 Å². The highest BCUT2D eigenvalue weighted by atomic mass is 16.1. The van der Waals surface area contributed by atoms with Gasteiger partial charge in [-0.1, -0.05) is 41.5 Å². The van der Waals surface area contributed by atoms with Gasteiger partial charge in [0.15, 0.2) is 0 Å². The second-order valence-electron chi connectivity index (χ2n) is 11.9. The molecule has 0 aliphatic rings. The minimum atomic E-state index is -0.138. The number of hydrogen-bond donors (Lipinski definition) is 3. The molecule has 0 aliphatic heterocycles. The molecule has 0 bridgehead atoms. The quantitative estimate of drug-likeness (QED) is 0.350. The van der Waals surface area contributed by atoms with Crippen molar-refractivity contribution < 1.29 is 4.79 Å². The molecule has 0 saturated carbocycles. The molecular weight excluding hydrogens is 346 g/mol. The fourth-order valence-electron chi connectivity index (χ4n) is 3.75. The van der Waals surface area contributed by atoms with E-state index in [4.69, 9.17) is 5.73 Å². The van der Waals surface area contributed by atoms with Crippen molar-refractivity contribution in [3.63, 3.8) is 0 Å². The maximum absolute atomic E-state index is 12.2. The largest absolute Gasteiger partial charge is 0.356 e. The predicted molar refractivity (Wildman–Crippen MR) is 123 cm³/mol. The zero-order valence-electron chi connectivity index (χ0n) is 20.7. The lowest BCUT2D eigenvalue weighted by Crippen LogP contribution is -2.53. The van der Waals surface area contributed by atoms with Gasteiger partial charge in [-0.25, -0.2) is 0 Å². The SMILES string of the molecule is CC(C)CC(C)(C)CCC(=O)NCCCC(C)(C)C(C)(C)NCCC(C)(C)N. The minimum Gasteiger partial charge on any atom is -0.356 e. The maximum atomic E-state index is 12.2. The van der Waals surface area contributed by atoms with Crippen molar-refractivity contribution in [2.75, 3.05) is 13.1 Å². The van der Waals surface area contributed by atoms with Crippen molar-refractivity contribution in [1.82, 2.24) is 10.6 Å². The van der Waals surface area contributed by atoms with Crippen molar-refractivity contribution in [2.24, 2.45) is 22.5 Å². The Morgan fingerprint density at radius 3 is 1.96 bits per heavy atom. The van der Waals surface area contributed by atoms with Crippen LogP contribution in [0.3, 0.4) is 0 Å². The lowest BCUT2D eigenvalue weighted by molar-refractivity contribution is -0.121. The summed E-state index contributed by atoms with van der Waals surface area (Å²) in [6.45, 7) is 24.0. The van der Waals surface area contributed by atoms with Crippen molar-refractivity contribution in [2.45, 2.75) is 119 Å². The molecule has 28 heavy (non-hydrogen) atoms. The Morgan fingerprint density at radius 1 is 0.893 bits per heavy atom. The van der Waals surface area contributed by atoms with Gasteiger partial charge in [-0.3, -0.25) is 4.79 Å². The van der Waals surface area contributed by atoms with Gasteiger partial charge in [0.05, 0.1) is 0 Å². The van der Waals surface area contributed by atoms with Crippen LogP contribution >= 0.6 is 0 Å². The van der Waals surface area contributed by atoms with Gasteiger partial charge in [-0.2, -0.15) is 0 Å². The normalized spacial score (nSPS) is 13.9. The number of nitrogens with one attached hydrogen (secondary N) is 2. The molecule has 0 heterocycles. The summed E-state index contributed by atoms with van der Waals surface area (Å²) in [6, 6.07) is 0. The third-order valence-corrected chi connectivity index (χ3v) is 6.32. The Bertz CT molecular complexity index is 459. The highest BCUT2D eigenvalue weighted by molar-refractivity contribution is 5.75. The molecule has 0 fully saturated rings. The van der Waals surface area contributed by atoms with Crippen LogP contribution in [-0.2, 0) is 4.79 Å². The van der Waals surface area contributed by atoms with Crippen LogP contribution in [0.5, 0.6) is 0 Å². The fraction of sp³-hybridized carbons (Fsp3) is 0.958. The molecule has 4 N–H and O–H groups in total. The number of carbonyl (C=O) groups excluding carboxylic acids is 1. The van der Waals surface area contributed by atoms with E-state index < -0.39 is 0 Å². The Labute approximate surface area is 176 Å². The first-order valence-electron chi connectivity index (χ1n) is 11.3. The predicted octanol–water partition coefficient (Wildman–Crippen LogP) is 5.26. The zero-order valence-corrected chi connectivity index (χ0v) is 20.7. The summed E-state index contributed by atoms with van der Waals surface area (Å²) >= 11 is 0. The van der Waals surface area contributed by atoms with Gasteiger partial charge in [-0.05, 0) is 83.1 Å². The van der Waals surface area contributed by atoms with E-state index in [-0.39, 0.29) is 27.8 Å². The van der Waals surface area contributed by atoms with Crippen molar-refractivity contribution in [3.05, 3.63) is 0 Å². The molecule has 168 valence electrons. The van der Waals surface area contributed by atoms with Crippen LogP contribution in [0, 0.1) is 16.7 Å². The van der Waals surface area contributed by atoms with Crippen LogP contribution in [0.1, 0.15) is 108 Å². The van der Waals surface area contributed by atoms with E-state index in [2.05, 4.69) is 79.9 Å². The molecule has 0 radical (unpaired) electrons. The Morgan fingerprint density at radius 2 is 1.46 bits per heavy atom. The number of hydrogen-bond acceptors (Lipinski definition) is 3. The third-order valence-electron chi connectivity index (χ3n) is 6.32. The second kappa shape index (κ2) is 11.0. The van der Waals surface area contributed by atoms with Gasteiger partial charge in [0.25, 0.3) is 0 Å². The third kappa shape index (κ3) is 12.1. The van der Waals surface area contributed by atoms with Gasteiger partial charge in [0, 0.05) is 24.0 Å².